The van der Waals surface area contributed by atoms with Gasteiger partial charge in [-0.1, -0.05) is 146 Å². The molecule has 0 N–H and O–H groups in total. The second-order valence-electron chi connectivity index (χ2n) is 13.8. The van der Waals surface area contributed by atoms with Crippen LogP contribution in [0.5, 0.6) is 0 Å². The van der Waals surface area contributed by atoms with E-state index in [4.69, 9.17) is 9.97 Å². The van der Waals surface area contributed by atoms with Crippen molar-refractivity contribution in [2.75, 3.05) is 0 Å². The summed E-state index contributed by atoms with van der Waals surface area (Å²) in [5.41, 5.74) is 13.2. The Morgan fingerprint density at radius 1 is 0.315 bits per heavy atom. The molecule has 0 aliphatic carbocycles. The molecule has 0 unspecified atom stereocenters. The molecular formula is C50H32N4. The number of aromatic nitrogens is 4. The number of fused-ring (bicyclic) bond motifs is 8. The molecule has 0 spiro atoms. The molecule has 0 radical (unpaired) electrons. The first-order valence-electron chi connectivity index (χ1n) is 18.3. The fourth-order valence-electron chi connectivity index (χ4n) is 8.25. The first-order valence-corrected chi connectivity index (χ1v) is 18.3. The molecule has 0 aliphatic rings. The number of rotatable bonds is 5. The molecule has 11 rings (SSSR count). The highest BCUT2D eigenvalue weighted by atomic mass is 15.1. The molecule has 0 saturated heterocycles. The van der Waals surface area contributed by atoms with Crippen LogP contribution in [0.3, 0.4) is 0 Å². The zero-order valence-corrected chi connectivity index (χ0v) is 29.3. The summed E-state index contributed by atoms with van der Waals surface area (Å²) in [7, 11) is 0. The molecule has 11 aromatic rings. The van der Waals surface area contributed by atoms with E-state index in [1.807, 2.05) is 12.1 Å². The summed E-state index contributed by atoms with van der Waals surface area (Å²) >= 11 is 0. The number of para-hydroxylation sites is 4. The molecule has 4 nitrogen and oxygen atoms in total. The first kappa shape index (κ1) is 30.3. The van der Waals surface area contributed by atoms with Crippen molar-refractivity contribution in [3.63, 3.8) is 0 Å². The van der Waals surface area contributed by atoms with Gasteiger partial charge in [-0.2, -0.15) is 0 Å². The van der Waals surface area contributed by atoms with Gasteiger partial charge in [0, 0.05) is 49.4 Å². The minimum absolute atomic E-state index is 0.937. The normalized spacial score (nSPS) is 11.7. The van der Waals surface area contributed by atoms with Crippen LogP contribution in [0.1, 0.15) is 0 Å². The Bertz CT molecular complexity index is 3170. The highest BCUT2D eigenvalue weighted by molar-refractivity contribution is 6.26. The van der Waals surface area contributed by atoms with E-state index in [-0.39, 0.29) is 0 Å². The van der Waals surface area contributed by atoms with E-state index < -0.39 is 0 Å². The molecule has 54 heavy (non-hydrogen) atoms. The van der Waals surface area contributed by atoms with Crippen LogP contribution in [0.2, 0.25) is 0 Å². The van der Waals surface area contributed by atoms with Crippen molar-refractivity contribution < 1.29 is 0 Å². The van der Waals surface area contributed by atoms with Crippen molar-refractivity contribution in [1.82, 2.24) is 19.1 Å². The minimum atomic E-state index is 0.937. The van der Waals surface area contributed by atoms with Gasteiger partial charge in [0.25, 0.3) is 0 Å². The van der Waals surface area contributed by atoms with Gasteiger partial charge < -0.3 is 4.57 Å². The molecule has 8 aromatic carbocycles. The van der Waals surface area contributed by atoms with Crippen molar-refractivity contribution in [3.05, 3.63) is 194 Å². The van der Waals surface area contributed by atoms with Crippen LogP contribution in [-0.4, -0.2) is 19.1 Å². The summed E-state index contributed by atoms with van der Waals surface area (Å²) in [4.78, 5) is 10.3. The molecule has 3 aromatic heterocycles. The topological polar surface area (TPSA) is 35.6 Å². The molecule has 252 valence electrons. The summed E-state index contributed by atoms with van der Waals surface area (Å²) in [6, 6.07) is 69.0. The molecule has 0 amide bonds. The van der Waals surface area contributed by atoms with Crippen LogP contribution in [0.15, 0.2) is 194 Å². The Morgan fingerprint density at radius 2 is 0.852 bits per heavy atom. The van der Waals surface area contributed by atoms with Crippen LogP contribution in [0.4, 0.5) is 0 Å². The van der Waals surface area contributed by atoms with E-state index in [1.54, 1.807) is 0 Å². The Balaban J connectivity index is 1.06. The Hall–Kier alpha value is -7.30. The van der Waals surface area contributed by atoms with Crippen LogP contribution in [0.25, 0.3) is 99.7 Å². The number of benzene rings is 8. The molecule has 0 atom stereocenters. The Morgan fingerprint density at radius 3 is 1.56 bits per heavy atom. The number of hydrogen-bond donors (Lipinski definition) is 0. The second kappa shape index (κ2) is 12.1. The van der Waals surface area contributed by atoms with Gasteiger partial charge in [0.2, 0.25) is 0 Å². The highest BCUT2D eigenvalue weighted by Crippen LogP contribution is 2.42. The van der Waals surface area contributed by atoms with Crippen LogP contribution < -0.4 is 0 Å². The number of pyridine rings is 1. The lowest BCUT2D eigenvalue weighted by Gasteiger charge is -2.15. The Labute approximate surface area is 311 Å². The standard InChI is InChI=1S/C50H32N4/c1-3-13-35(14-4-1)48-42-32-31-40-39-17-8-11-21-45(39)53(49(40)47(42)41-18-7-9-19-43(41)51-48)37-27-23-33(24-28-37)34-25-29-38(30-26-34)54-46-22-12-10-20-44(46)52-50(54)36-15-5-2-6-16-36/h1-32H. The SMILES string of the molecule is c1ccc(-c2nc3ccccc3c3c2ccc2c4ccccc4n(-c4ccc(-c5ccc(-n6c(-c7ccccc7)nc7ccccc76)cc5)cc4)c23)cc1. The van der Waals surface area contributed by atoms with Crippen molar-refractivity contribution in [2.45, 2.75) is 0 Å². The number of hydrogen-bond acceptors (Lipinski definition) is 2. The maximum atomic E-state index is 5.23. The molecule has 0 saturated carbocycles. The predicted molar refractivity (Wildman–Crippen MR) is 225 cm³/mol. The number of imidazole rings is 1. The van der Waals surface area contributed by atoms with Crippen molar-refractivity contribution in [2.24, 2.45) is 0 Å². The average Bonchev–Trinajstić information content (AvgIpc) is 3.81. The molecule has 4 heteroatoms. The highest BCUT2D eigenvalue weighted by Gasteiger charge is 2.20. The lowest BCUT2D eigenvalue weighted by molar-refractivity contribution is 1.10. The first-order chi connectivity index (χ1) is 26.8. The molecule has 0 aliphatic heterocycles. The summed E-state index contributed by atoms with van der Waals surface area (Å²) in [5, 5.41) is 5.98. The van der Waals surface area contributed by atoms with E-state index in [2.05, 4.69) is 191 Å². The van der Waals surface area contributed by atoms with E-state index >= 15 is 0 Å². The van der Waals surface area contributed by atoms with Gasteiger partial charge >= 0.3 is 0 Å². The summed E-state index contributed by atoms with van der Waals surface area (Å²) in [6.45, 7) is 0. The maximum absolute atomic E-state index is 5.23. The van der Waals surface area contributed by atoms with Crippen LogP contribution in [-0.2, 0) is 0 Å². The van der Waals surface area contributed by atoms with E-state index in [0.29, 0.717) is 0 Å². The van der Waals surface area contributed by atoms with Gasteiger partial charge in [0.05, 0.1) is 33.3 Å². The monoisotopic (exact) mass is 688 g/mol. The predicted octanol–water partition coefficient (Wildman–Crippen LogP) is 12.8. The summed E-state index contributed by atoms with van der Waals surface area (Å²) in [5.74, 6) is 0.937. The molecule has 0 fully saturated rings. The zero-order chi connectivity index (χ0) is 35.6. The van der Waals surface area contributed by atoms with Gasteiger partial charge in [0.15, 0.2) is 0 Å². The smallest absolute Gasteiger partial charge is 0.145 e. The second-order valence-corrected chi connectivity index (χ2v) is 13.8. The van der Waals surface area contributed by atoms with E-state index in [1.165, 1.54) is 27.2 Å². The number of nitrogens with zero attached hydrogens (tertiary/aromatic N) is 4. The van der Waals surface area contributed by atoms with Crippen LogP contribution in [0, 0.1) is 0 Å². The minimum Gasteiger partial charge on any atom is -0.309 e. The van der Waals surface area contributed by atoms with Crippen molar-refractivity contribution >= 4 is 54.5 Å². The van der Waals surface area contributed by atoms with Gasteiger partial charge in [0.1, 0.15) is 5.82 Å². The van der Waals surface area contributed by atoms with Crippen LogP contribution >= 0.6 is 0 Å². The molecular weight excluding hydrogens is 657 g/mol. The zero-order valence-electron chi connectivity index (χ0n) is 29.3. The molecule has 3 heterocycles. The fraction of sp³-hybridized carbons (Fsp3) is 0. The molecule has 0 bridgehead atoms. The fourth-order valence-corrected chi connectivity index (χ4v) is 8.25. The summed E-state index contributed by atoms with van der Waals surface area (Å²) in [6.07, 6.45) is 0. The third-order valence-electron chi connectivity index (χ3n) is 10.7. The van der Waals surface area contributed by atoms with E-state index in [9.17, 15) is 0 Å². The quantitative estimate of drug-likeness (QED) is 0.169. The van der Waals surface area contributed by atoms with Gasteiger partial charge in [-0.05, 0) is 59.7 Å². The maximum Gasteiger partial charge on any atom is 0.145 e. The summed E-state index contributed by atoms with van der Waals surface area (Å²) < 4.78 is 4.70. The average molecular weight is 689 g/mol. The third kappa shape index (κ3) is 4.70. The van der Waals surface area contributed by atoms with Gasteiger partial charge in [-0.15, -0.1) is 0 Å². The van der Waals surface area contributed by atoms with Crippen molar-refractivity contribution in [3.8, 4) is 45.1 Å². The van der Waals surface area contributed by atoms with Gasteiger partial charge in [-0.3, -0.25) is 4.57 Å². The van der Waals surface area contributed by atoms with E-state index in [0.717, 1.165) is 72.5 Å². The lowest BCUT2D eigenvalue weighted by atomic mass is 9.97. The van der Waals surface area contributed by atoms with Crippen molar-refractivity contribution in [1.29, 1.82) is 0 Å². The van der Waals surface area contributed by atoms with Gasteiger partial charge in [-0.25, -0.2) is 9.97 Å². The third-order valence-corrected chi connectivity index (χ3v) is 10.7. The largest absolute Gasteiger partial charge is 0.309 e. The Kier molecular flexibility index (Phi) is 6.82. The lowest BCUT2D eigenvalue weighted by Crippen LogP contribution is -1.98.